The lowest BCUT2D eigenvalue weighted by atomic mass is 10.1. The molecule has 0 radical (unpaired) electrons. The Balaban J connectivity index is 1.43. The molecule has 0 spiro atoms. The Morgan fingerprint density at radius 1 is 1.12 bits per heavy atom. The number of hydrogen-bond donors (Lipinski definition) is 2. The van der Waals surface area contributed by atoms with Gasteiger partial charge in [0.05, 0.1) is 12.6 Å². The Kier molecular flexibility index (Phi) is 6.12. The van der Waals surface area contributed by atoms with E-state index in [1.165, 1.54) is 5.56 Å². The van der Waals surface area contributed by atoms with Crippen LogP contribution in [0.3, 0.4) is 0 Å². The van der Waals surface area contributed by atoms with Crippen LogP contribution in [0.4, 0.5) is 11.4 Å². The van der Waals surface area contributed by atoms with Gasteiger partial charge in [0.2, 0.25) is 5.91 Å². The minimum atomic E-state index is -0.0769. The molecule has 1 atom stereocenters. The monoisotopic (exact) mass is 354 g/mol. The summed E-state index contributed by atoms with van der Waals surface area (Å²) in [5.41, 5.74) is 4.07. The van der Waals surface area contributed by atoms with Gasteiger partial charge in [0.25, 0.3) is 0 Å². The number of nitrogens with one attached hydrogen (secondary N) is 2. The predicted molar refractivity (Wildman–Crippen MR) is 104 cm³/mol. The van der Waals surface area contributed by atoms with Crippen molar-refractivity contribution in [3.05, 3.63) is 53.6 Å². The van der Waals surface area contributed by atoms with E-state index >= 15 is 0 Å². The van der Waals surface area contributed by atoms with E-state index < -0.39 is 0 Å². The van der Waals surface area contributed by atoms with Gasteiger partial charge < -0.3 is 20.1 Å². The van der Waals surface area contributed by atoms with Crippen LogP contribution in [0, 0.1) is 13.8 Å². The molecule has 1 heterocycles. The average molecular weight is 354 g/mol. The molecule has 2 aromatic rings. The topological polar surface area (TPSA) is 59.6 Å². The zero-order valence-electron chi connectivity index (χ0n) is 15.4. The van der Waals surface area contributed by atoms with Crippen LogP contribution in [-0.4, -0.2) is 31.8 Å². The van der Waals surface area contributed by atoms with Gasteiger partial charge in [-0.05, 0) is 74.2 Å². The summed E-state index contributed by atoms with van der Waals surface area (Å²) < 4.78 is 11.3. The number of benzene rings is 2. The van der Waals surface area contributed by atoms with Crippen LogP contribution in [0.5, 0.6) is 5.75 Å². The second kappa shape index (κ2) is 8.72. The summed E-state index contributed by atoms with van der Waals surface area (Å²) in [7, 11) is 0. The van der Waals surface area contributed by atoms with E-state index in [-0.39, 0.29) is 18.6 Å². The summed E-state index contributed by atoms with van der Waals surface area (Å²) in [5.74, 6) is 0.734. The van der Waals surface area contributed by atoms with Gasteiger partial charge in [-0.25, -0.2) is 0 Å². The molecule has 5 heteroatoms. The molecule has 138 valence electrons. The first-order valence-corrected chi connectivity index (χ1v) is 9.05. The molecule has 1 unspecified atom stereocenters. The van der Waals surface area contributed by atoms with Crippen LogP contribution in [0.15, 0.2) is 42.5 Å². The van der Waals surface area contributed by atoms with Gasteiger partial charge in [-0.15, -0.1) is 0 Å². The molecule has 2 N–H and O–H groups in total. The normalized spacial score (nSPS) is 16.3. The van der Waals surface area contributed by atoms with Crippen molar-refractivity contribution in [2.24, 2.45) is 0 Å². The minimum absolute atomic E-state index is 0.0769. The third-order valence-electron chi connectivity index (χ3n) is 4.56. The average Bonchev–Trinajstić information content (AvgIpc) is 3.16. The third-order valence-corrected chi connectivity index (χ3v) is 4.56. The first-order valence-electron chi connectivity index (χ1n) is 9.05. The van der Waals surface area contributed by atoms with Gasteiger partial charge in [0, 0.05) is 18.0 Å². The van der Waals surface area contributed by atoms with E-state index in [1.807, 2.05) is 49.4 Å². The molecule has 0 aliphatic carbocycles. The molecule has 0 saturated carbocycles. The molecule has 5 nitrogen and oxygen atoms in total. The summed E-state index contributed by atoms with van der Waals surface area (Å²) in [4.78, 5) is 12.1. The largest absolute Gasteiger partial charge is 0.491 e. The Hall–Kier alpha value is -2.53. The predicted octanol–water partition coefficient (Wildman–Crippen LogP) is 3.91. The molecule has 1 aliphatic heterocycles. The van der Waals surface area contributed by atoms with Crippen molar-refractivity contribution in [2.75, 3.05) is 30.4 Å². The second-order valence-electron chi connectivity index (χ2n) is 6.67. The second-order valence-corrected chi connectivity index (χ2v) is 6.67. The number of ether oxygens (including phenoxy) is 2. The van der Waals surface area contributed by atoms with Crippen LogP contribution >= 0.6 is 0 Å². The van der Waals surface area contributed by atoms with Gasteiger partial charge in [-0.1, -0.05) is 6.07 Å². The van der Waals surface area contributed by atoms with Gasteiger partial charge in [-0.2, -0.15) is 0 Å². The van der Waals surface area contributed by atoms with Crippen molar-refractivity contribution < 1.29 is 14.3 Å². The molecule has 2 aromatic carbocycles. The number of rotatable bonds is 7. The van der Waals surface area contributed by atoms with Crippen molar-refractivity contribution in [2.45, 2.75) is 32.8 Å². The highest BCUT2D eigenvalue weighted by Gasteiger charge is 2.15. The number of carbonyl (C=O) groups is 1. The van der Waals surface area contributed by atoms with Crippen LogP contribution in [0.2, 0.25) is 0 Å². The Labute approximate surface area is 154 Å². The Bertz CT molecular complexity index is 737. The van der Waals surface area contributed by atoms with Crippen molar-refractivity contribution in [3.63, 3.8) is 0 Å². The highest BCUT2D eigenvalue weighted by atomic mass is 16.5. The highest BCUT2D eigenvalue weighted by Crippen LogP contribution is 2.18. The molecule has 3 rings (SSSR count). The van der Waals surface area contributed by atoms with Crippen LogP contribution in [0.1, 0.15) is 24.0 Å². The molecule has 1 fully saturated rings. The van der Waals surface area contributed by atoms with E-state index in [2.05, 4.69) is 17.6 Å². The highest BCUT2D eigenvalue weighted by molar-refractivity contribution is 5.93. The molecule has 0 bridgehead atoms. The Morgan fingerprint density at radius 3 is 2.58 bits per heavy atom. The smallest absolute Gasteiger partial charge is 0.243 e. The number of anilines is 2. The lowest BCUT2D eigenvalue weighted by Gasteiger charge is -2.12. The number of amides is 1. The summed E-state index contributed by atoms with van der Waals surface area (Å²) in [6.45, 7) is 5.72. The molecular formula is C21H26N2O3. The van der Waals surface area contributed by atoms with Gasteiger partial charge in [0.1, 0.15) is 12.4 Å². The lowest BCUT2D eigenvalue weighted by Crippen LogP contribution is -2.21. The number of aryl methyl sites for hydroxylation is 2. The SMILES string of the molecule is Cc1ccc(NC(=O)CNc2ccc(OCC3CCCO3)cc2)cc1C. The molecule has 1 aliphatic rings. The standard InChI is InChI=1S/C21H26N2O3/c1-15-5-6-18(12-16(15)2)23-21(24)13-22-17-7-9-19(10-8-17)26-14-20-4-3-11-25-20/h5-10,12,20,22H,3-4,11,13-14H2,1-2H3,(H,23,24). The Morgan fingerprint density at radius 2 is 1.88 bits per heavy atom. The number of carbonyl (C=O) groups excluding carboxylic acids is 1. The molecule has 1 amide bonds. The van der Waals surface area contributed by atoms with Crippen molar-refractivity contribution >= 4 is 17.3 Å². The van der Waals surface area contributed by atoms with E-state index in [9.17, 15) is 4.79 Å². The summed E-state index contributed by atoms with van der Waals surface area (Å²) >= 11 is 0. The van der Waals surface area contributed by atoms with E-state index in [0.29, 0.717) is 6.61 Å². The summed E-state index contributed by atoms with van der Waals surface area (Å²) in [5, 5.41) is 6.03. The summed E-state index contributed by atoms with van der Waals surface area (Å²) in [6.07, 6.45) is 2.39. The van der Waals surface area contributed by atoms with E-state index in [4.69, 9.17) is 9.47 Å². The van der Waals surface area contributed by atoms with Crippen LogP contribution in [-0.2, 0) is 9.53 Å². The van der Waals surface area contributed by atoms with Gasteiger partial charge in [0.15, 0.2) is 0 Å². The van der Waals surface area contributed by atoms with Crippen molar-refractivity contribution in [1.29, 1.82) is 0 Å². The first kappa shape index (κ1) is 18.3. The summed E-state index contributed by atoms with van der Waals surface area (Å²) in [6, 6.07) is 13.5. The fourth-order valence-electron chi connectivity index (χ4n) is 2.84. The molecule has 0 aromatic heterocycles. The lowest BCUT2D eigenvalue weighted by molar-refractivity contribution is -0.114. The maximum absolute atomic E-state index is 12.1. The van der Waals surface area contributed by atoms with Crippen LogP contribution in [0.25, 0.3) is 0 Å². The van der Waals surface area contributed by atoms with Gasteiger partial charge >= 0.3 is 0 Å². The molecular weight excluding hydrogens is 328 g/mol. The third kappa shape index (κ3) is 5.23. The first-order chi connectivity index (χ1) is 12.6. The fourth-order valence-corrected chi connectivity index (χ4v) is 2.84. The van der Waals surface area contributed by atoms with E-state index in [1.54, 1.807) is 0 Å². The molecule has 1 saturated heterocycles. The quantitative estimate of drug-likeness (QED) is 0.791. The molecule has 26 heavy (non-hydrogen) atoms. The minimum Gasteiger partial charge on any atom is -0.491 e. The zero-order chi connectivity index (χ0) is 18.4. The van der Waals surface area contributed by atoms with E-state index in [0.717, 1.165) is 42.1 Å². The maximum Gasteiger partial charge on any atom is 0.243 e. The zero-order valence-corrected chi connectivity index (χ0v) is 15.4. The van der Waals surface area contributed by atoms with Crippen molar-refractivity contribution in [3.8, 4) is 5.75 Å². The van der Waals surface area contributed by atoms with Gasteiger partial charge in [-0.3, -0.25) is 4.79 Å². The van der Waals surface area contributed by atoms with Crippen LogP contribution < -0.4 is 15.4 Å². The fraction of sp³-hybridized carbons (Fsp3) is 0.381. The van der Waals surface area contributed by atoms with Crippen molar-refractivity contribution in [1.82, 2.24) is 0 Å². The number of hydrogen-bond acceptors (Lipinski definition) is 4. The maximum atomic E-state index is 12.1.